The third-order valence-corrected chi connectivity index (χ3v) is 5.93. The minimum absolute atomic E-state index is 0.162. The molecule has 1 saturated heterocycles. The summed E-state index contributed by atoms with van der Waals surface area (Å²) in [7, 11) is 0. The van der Waals surface area contributed by atoms with Crippen molar-refractivity contribution >= 4 is 23.2 Å². The molecule has 1 aromatic heterocycles. The second kappa shape index (κ2) is 10.1. The van der Waals surface area contributed by atoms with Gasteiger partial charge in [0.05, 0.1) is 12.1 Å². The fourth-order valence-electron chi connectivity index (χ4n) is 3.27. The van der Waals surface area contributed by atoms with Gasteiger partial charge in [0, 0.05) is 17.8 Å². The number of hydrogen-bond donors (Lipinski definition) is 2. The topological polar surface area (TPSA) is 77.8 Å². The van der Waals surface area contributed by atoms with Crippen LogP contribution in [0.3, 0.4) is 0 Å². The second-order valence-electron chi connectivity index (χ2n) is 7.10. The van der Waals surface area contributed by atoms with Crippen molar-refractivity contribution in [3.8, 4) is 0 Å². The van der Waals surface area contributed by atoms with Crippen molar-refractivity contribution in [2.75, 3.05) is 6.54 Å². The lowest BCUT2D eigenvalue weighted by Crippen LogP contribution is -2.36. The van der Waals surface area contributed by atoms with Crippen LogP contribution in [0, 0.1) is 0 Å². The number of unbranched alkanes of at least 4 members (excludes halogenated alkanes) is 2. The number of aliphatic hydroxyl groups is 1. The molecule has 0 saturated carbocycles. The van der Waals surface area contributed by atoms with Crippen molar-refractivity contribution in [1.29, 1.82) is 0 Å². The van der Waals surface area contributed by atoms with Gasteiger partial charge in [-0.1, -0.05) is 38.3 Å². The molecule has 0 aliphatic carbocycles. The predicted octanol–water partition coefficient (Wildman–Crippen LogP) is 4.11. The Balaban J connectivity index is 1.92. The molecule has 2 rings (SSSR count). The fourth-order valence-corrected chi connectivity index (χ4v) is 4.16. The number of carbonyl (C=O) groups is 2. The van der Waals surface area contributed by atoms with E-state index >= 15 is 0 Å². The average Bonchev–Trinajstić information content (AvgIpc) is 3.18. The van der Waals surface area contributed by atoms with E-state index in [4.69, 9.17) is 5.11 Å². The first kappa shape index (κ1) is 22.5. The number of aliphatic hydroxyl groups excluding tert-OH is 1. The second-order valence-corrected chi connectivity index (χ2v) is 8.27. The van der Waals surface area contributed by atoms with E-state index < -0.39 is 36.4 Å². The van der Waals surface area contributed by atoms with Gasteiger partial charge in [0.1, 0.15) is 4.88 Å². The molecule has 1 aromatic rings. The molecule has 2 N–H and O–H groups in total. The van der Waals surface area contributed by atoms with Crippen LogP contribution in [0.5, 0.6) is 0 Å². The molecule has 1 aliphatic rings. The molecule has 0 spiro atoms. The van der Waals surface area contributed by atoms with Crippen molar-refractivity contribution < 1.29 is 28.6 Å². The van der Waals surface area contributed by atoms with Crippen LogP contribution < -0.4 is 0 Å². The van der Waals surface area contributed by atoms with Crippen molar-refractivity contribution in [2.45, 2.75) is 69.9 Å². The molecule has 1 aliphatic heterocycles. The maximum Gasteiger partial charge on any atom is 0.345 e. The molecule has 2 heterocycles. The van der Waals surface area contributed by atoms with Gasteiger partial charge in [-0.3, -0.25) is 4.79 Å². The number of aromatic carboxylic acids is 1. The van der Waals surface area contributed by atoms with Crippen molar-refractivity contribution in [1.82, 2.24) is 4.90 Å². The van der Waals surface area contributed by atoms with Gasteiger partial charge in [0.2, 0.25) is 0 Å². The Kier molecular flexibility index (Phi) is 8.12. The first-order valence-electron chi connectivity index (χ1n) is 9.62. The van der Waals surface area contributed by atoms with Crippen LogP contribution in [-0.2, 0) is 11.2 Å². The Morgan fingerprint density at radius 3 is 2.79 bits per heavy atom. The summed E-state index contributed by atoms with van der Waals surface area (Å²) in [5.41, 5.74) is 0. The number of halogens is 2. The maximum absolute atomic E-state index is 13.9. The number of hydrogen-bond acceptors (Lipinski definition) is 4. The van der Waals surface area contributed by atoms with Crippen molar-refractivity contribution in [3.05, 3.63) is 34.0 Å². The average molecular weight is 416 g/mol. The molecule has 28 heavy (non-hydrogen) atoms. The van der Waals surface area contributed by atoms with Crippen molar-refractivity contribution in [2.24, 2.45) is 0 Å². The molecule has 2 unspecified atom stereocenters. The zero-order chi connectivity index (χ0) is 20.7. The van der Waals surface area contributed by atoms with E-state index in [0.717, 1.165) is 35.5 Å². The van der Waals surface area contributed by atoms with E-state index in [1.54, 1.807) is 6.07 Å². The molecule has 156 valence electrons. The number of alkyl halides is 2. The summed E-state index contributed by atoms with van der Waals surface area (Å²) < 4.78 is 27.8. The summed E-state index contributed by atoms with van der Waals surface area (Å²) in [6.45, 7) is 2.22. The molecular formula is C20H27F2NO4S. The molecule has 0 bridgehead atoms. The standard InChI is InChI=1S/C20H27F2NO4S/c1-2-3-4-6-15(24)9-8-14-13-20(21,22)19(27)23(14)12-5-7-16-10-11-17(28-16)18(25)26/h8-11,14-15,24H,2-7,12-13H2,1H3,(H,25,26)/b9-8+. The van der Waals surface area contributed by atoms with E-state index in [0.29, 0.717) is 19.3 Å². The number of amides is 1. The molecule has 1 fully saturated rings. The lowest BCUT2D eigenvalue weighted by molar-refractivity contribution is -0.148. The summed E-state index contributed by atoms with van der Waals surface area (Å²) in [6, 6.07) is 2.49. The van der Waals surface area contributed by atoms with E-state index in [-0.39, 0.29) is 11.4 Å². The molecular weight excluding hydrogens is 388 g/mol. The lowest BCUT2D eigenvalue weighted by Gasteiger charge is -2.21. The Labute approximate surface area is 167 Å². The normalized spacial score (nSPS) is 20.2. The SMILES string of the molecule is CCCCCC(O)/C=C/C1CC(F)(F)C(=O)N1CCCc1ccc(C(=O)O)s1. The monoisotopic (exact) mass is 415 g/mol. The van der Waals surface area contributed by atoms with Crippen LogP contribution in [0.1, 0.15) is 60.0 Å². The highest BCUT2D eigenvalue weighted by atomic mass is 32.1. The van der Waals surface area contributed by atoms with Crippen LogP contribution >= 0.6 is 11.3 Å². The highest BCUT2D eigenvalue weighted by molar-refractivity contribution is 7.13. The highest BCUT2D eigenvalue weighted by Crippen LogP contribution is 2.34. The predicted molar refractivity (Wildman–Crippen MR) is 104 cm³/mol. The van der Waals surface area contributed by atoms with Crippen LogP contribution in [-0.4, -0.2) is 51.6 Å². The van der Waals surface area contributed by atoms with Gasteiger partial charge in [-0.25, -0.2) is 4.79 Å². The van der Waals surface area contributed by atoms with Gasteiger partial charge in [-0.05, 0) is 31.4 Å². The Bertz CT molecular complexity index is 704. The largest absolute Gasteiger partial charge is 0.477 e. The summed E-state index contributed by atoms with van der Waals surface area (Å²) >= 11 is 1.15. The van der Waals surface area contributed by atoms with E-state index in [1.165, 1.54) is 23.1 Å². The van der Waals surface area contributed by atoms with Gasteiger partial charge in [-0.2, -0.15) is 8.78 Å². The number of likely N-dealkylation sites (tertiary alicyclic amines) is 1. The molecule has 2 atom stereocenters. The van der Waals surface area contributed by atoms with Crippen LogP contribution in [0.15, 0.2) is 24.3 Å². The van der Waals surface area contributed by atoms with E-state index in [2.05, 4.69) is 6.92 Å². The number of nitrogens with zero attached hydrogens (tertiary/aromatic N) is 1. The summed E-state index contributed by atoms with van der Waals surface area (Å²) in [5, 5.41) is 18.9. The summed E-state index contributed by atoms with van der Waals surface area (Å²) in [5.74, 6) is -5.56. The smallest absolute Gasteiger partial charge is 0.345 e. The number of rotatable bonds is 11. The van der Waals surface area contributed by atoms with Crippen LogP contribution in [0.25, 0.3) is 0 Å². The third kappa shape index (κ3) is 6.10. The lowest BCUT2D eigenvalue weighted by atomic mass is 10.1. The van der Waals surface area contributed by atoms with Crippen molar-refractivity contribution in [3.63, 3.8) is 0 Å². The number of aryl methyl sites for hydroxylation is 1. The minimum atomic E-state index is -3.39. The first-order valence-corrected chi connectivity index (χ1v) is 10.4. The zero-order valence-corrected chi connectivity index (χ0v) is 16.8. The maximum atomic E-state index is 13.9. The molecule has 8 heteroatoms. The first-order chi connectivity index (χ1) is 13.2. The van der Waals surface area contributed by atoms with Gasteiger partial charge < -0.3 is 15.1 Å². The third-order valence-electron chi connectivity index (χ3n) is 4.79. The Morgan fingerprint density at radius 1 is 1.39 bits per heavy atom. The molecule has 0 radical (unpaired) electrons. The van der Waals surface area contributed by atoms with Crippen LogP contribution in [0.4, 0.5) is 8.78 Å². The van der Waals surface area contributed by atoms with Gasteiger partial charge >= 0.3 is 11.9 Å². The number of carbonyl (C=O) groups excluding carboxylic acids is 1. The number of carboxylic acids is 1. The Morgan fingerprint density at radius 2 is 2.14 bits per heavy atom. The van der Waals surface area contributed by atoms with Gasteiger partial charge in [-0.15, -0.1) is 11.3 Å². The summed E-state index contributed by atoms with van der Waals surface area (Å²) in [6.07, 6.45) is 6.22. The molecule has 0 aromatic carbocycles. The van der Waals surface area contributed by atoms with Gasteiger partial charge in [0.25, 0.3) is 5.91 Å². The van der Waals surface area contributed by atoms with E-state index in [1.807, 2.05) is 0 Å². The number of carboxylic acid groups (broad SMARTS) is 1. The minimum Gasteiger partial charge on any atom is -0.477 e. The van der Waals surface area contributed by atoms with Crippen LogP contribution in [0.2, 0.25) is 0 Å². The van der Waals surface area contributed by atoms with E-state index in [9.17, 15) is 23.5 Å². The quantitative estimate of drug-likeness (QED) is 0.421. The summed E-state index contributed by atoms with van der Waals surface area (Å²) in [4.78, 5) is 25.2. The number of thiophene rings is 1. The van der Waals surface area contributed by atoms with Gasteiger partial charge in [0.15, 0.2) is 0 Å². The molecule has 5 nitrogen and oxygen atoms in total. The fraction of sp³-hybridized carbons (Fsp3) is 0.600. The Hall–Kier alpha value is -1.80. The molecule has 1 amide bonds. The highest BCUT2D eigenvalue weighted by Gasteiger charge is 2.52. The zero-order valence-electron chi connectivity index (χ0n) is 15.9.